The lowest BCUT2D eigenvalue weighted by Crippen LogP contribution is -2.14. The van der Waals surface area contributed by atoms with Crippen LogP contribution in [0, 0.1) is 5.82 Å². The van der Waals surface area contributed by atoms with Gasteiger partial charge in [-0.25, -0.2) is 0 Å². The van der Waals surface area contributed by atoms with E-state index in [9.17, 15) is 0 Å². The van der Waals surface area contributed by atoms with Crippen molar-refractivity contribution >= 4 is 42.6 Å². The highest BCUT2D eigenvalue weighted by Crippen LogP contribution is 2.43. The second-order valence-corrected chi connectivity index (χ2v) is 13.9. The molecule has 0 nitrogen and oxygen atoms in total. The molecule has 0 amide bonds. The molecule has 0 aliphatic carbocycles. The highest BCUT2D eigenvalue weighted by molar-refractivity contribution is 7.74. The largest absolute Gasteiger partial charge is 0.0622 e. The van der Waals surface area contributed by atoms with E-state index in [1.54, 1.807) is 0 Å². The van der Waals surface area contributed by atoms with Crippen molar-refractivity contribution in [1.82, 2.24) is 0 Å². The Bertz CT molecular complexity index is 1600. The molecule has 0 heterocycles. The lowest BCUT2D eigenvalue weighted by molar-refractivity contribution is 1.36. The Hall–Kier alpha value is -4.08. The highest BCUT2D eigenvalue weighted by Gasteiger charge is 2.20. The van der Waals surface area contributed by atoms with Gasteiger partial charge in [-0.3, -0.25) is 0 Å². The first kappa shape index (κ1) is 27.1. The minimum absolute atomic E-state index is 0.581. The summed E-state index contributed by atoms with van der Waals surface area (Å²) in [6, 6.07) is 63.4. The van der Waals surface area contributed by atoms with Crippen molar-refractivity contribution < 1.29 is 0 Å². The molecule has 6 aromatic rings. The van der Waals surface area contributed by atoms with Crippen molar-refractivity contribution in [3.05, 3.63) is 198 Å². The van der Waals surface area contributed by atoms with Gasteiger partial charge in [0, 0.05) is 12.0 Å². The molecule has 0 aliphatic rings. The Balaban J connectivity index is 1.51. The summed E-state index contributed by atoms with van der Waals surface area (Å²) in [6.45, 7) is 0. The van der Waals surface area contributed by atoms with E-state index in [1.165, 1.54) is 43.5 Å². The molecule has 0 aromatic heterocycles. The fraction of sp³-hybridized carbons (Fsp3) is 0.0256. The first-order chi connectivity index (χ1) is 20.4. The predicted molar refractivity (Wildman–Crippen MR) is 180 cm³/mol. The molecule has 0 fully saturated rings. The van der Waals surface area contributed by atoms with Crippen LogP contribution in [0.25, 0.3) is 5.57 Å². The molecule has 6 aromatic carbocycles. The van der Waals surface area contributed by atoms with Crippen LogP contribution < -0.4 is 21.2 Å². The smallest absolute Gasteiger partial charge is 0.00236 e. The predicted octanol–water partition coefficient (Wildman–Crippen LogP) is 8.64. The van der Waals surface area contributed by atoms with E-state index in [4.69, 9.17) is 0 Å². The number of hydrogen-bond donors (Lipinski definition) is 0. The van der Waals surface area contributed by atoms with Gasteiger partial charge in [0.05, 0.1) is 0 Å². The summed E-state index contributed by atoms with van der Waals surface area (Å²) in [5, 5.41) is 5.40. The zero-order valence-corrected chi connectivity index (χ0v) is 24.6. The van der Waals surface area contributed by atoms with Crippen molar-refractivity contribution in [2.75, 3.05) is 0 Å². The van der Waals surface area contributed by atoms with Crippen LogP contribution in [0.3, 0.4) is 0 Å². The molecule has 2 heteroatoms. The maximum Gasteiger partial charge on any atom is 0.00236 e. The SMILES string of the molecule is [C](=C(c1ccccc1)c1ccccc1CP(c1ccccc1)c1ccccc1)P(c1ccccc1)c1ccccc1. The van der Waals surface area contributed by atoms with Crippen molar-refractivity contribution in [1.29, 1.82) is 0 Å². The number of benzene rings is 6. The maximum absolute atomic E-state index is 4.10. The molecule has 0 aliphatic heterocycles. The van der Waals surface area contributed by atoms with Gasteiger partial charge in [0.25, 0.3) is 0 Å². The van der Waals surface area contributed by atoms with Gasteiger partial charge < -0.3 is 0 Å². The van der Waals surface area contributed by atoms with Crippen LogP contribution in [0.4, 0.5) is 0 Å². The molecule has 0 atom stereocenters. The third-order valence-electron chi connectivity index (χ3n) is 7.07. The van der Waals surface area contributed by atoms with E-state index in [-0.39, 0.29) is 0 Å². The Morgan fingerprint density at radius 1 is 0.415 bits per heavy atom. The van der Waals surface area contributed by atoms with Crippen molar-refractivity contribution in [2.45, 2.75) is 6.16 Å². The van der Waals surface area contributed by atoms with Crippen LogP contribution >= 0.6 is 15.8 Å². The van der Waals surface area contributed by atoms with Crippen LogP contribution in [0.15, 0.2) is 176 Å². The van der Waals surface area contributed by atoms with E-state index >= 15 is 0 Å². The van der Waals surface area contributed by atoms with E-state index < -0.39 is 15.8 Å². The molecular weight excluding hydrogens is 530 g/mol. The summed E-state index contributed by atoms with van der Waals surface area (Å²) in [5.74, 6) is 4.10. The van der Waals surface area contributed by atoms with Crippen LogP contribution in [-0.4, -0.2) is 0 Å². The van der Waals surface area contributed by atoms with Crippen molar-refractivity contribution in [3.63, 3.8) is 0 Å². The number of hydrogen-bond acceptors (Lipinski definition) is 0. The first-order valence-electron chi connectivity index (χ1n) is 13.9. The Labute approximate surface area is 246 Å². The first-order valence-corrected chi connectivity index (χ1v) is 16.8. The van der Waals surface area contributed by atoms with Crippen molar-refractivity contribution in [2.24, 2.45) is 0 Å². The van der Waals surface area contributed by atoms with E-state index in [1.807, 2.05) is 0 Å². The van der Waals surface area contributed by atoms with Gasteiger partial charge in [-0.1, -0.05) is 176 Å². The summed E-state index contributed by atoms with van der Waals surface area (Å²) >= 11 is 0. The van der Waals surface area contributed by atoms with Gasteiger partial charge in [0.1, 0.15) is 0 Å². The monoisotopic (exact) mass is 561 g/mol. The van der Waals surface area contributed by atoms with Crippen LogP contribution in [0.2, 0.25) is 0 Å². The van der Waals surface area contributed by atoms with Gasteiger partial charge in [-0.15, -0.1) is 0 Å². The van der Waals surface area contributed by atoms with E-state index in [2.05, 4.69) is 182 Å². The second-order valence-electron chi connectivity index (χ2n) is 9.77. The van der Waals surface area contributed by atoms with E-state index in [0.29, 0.717) is 0 Å². The van der Waals surface area contributed by atoms with Crippen molar-refractivity contribution in [3.8, 4) is 0 Å². The second kappa shape index (κ2) is 13.5. The zero-order valence-electron chi connectivity index (χ0n) is 22.8. The molecule has 1 radical (unpaired) electrons. The molecule has 0 bridgehead atoms. The van der Waals surface area contributed by atoms with Crippen LogP contribution in [0.5, 0.6) is 0 Å². The van der Waals surface area contributed by atoms with Gasteiger partial charge >= 0.3 is 0 Å². The standard InChI is InChI=1S/C39H31P2/c1-6-18-32(19-7-1)39(31-41(36-25-12-4-13-26-36)37-27-14-5-15-28-37)38-29-17-16-20-33(38)30-40(34-21-8-2-9-22-34)35-23-10-3-11-24-35/h1-29H,30H2. The maximum atomic E-state index is 4.10. The highest BCUT2D eigenvalue weighted by atomic mass is 31.1. The average molecular weight is 562 g/mol. The third kappa shape index (κ3) is 6.64. The molecule has 6 rings (SSSR count). The minimum Gasteiger partial charge on any atom is -0.0622 e. The molecule has 197 valence electrons. The quantitative estimate of drug-likeness (QED) is 0.155. The Morgan fingerprint density at radius 3 is 1.29 bits per heavy atom. The molecule has 0 spiro atoms. The fourth-order valence-corrected chi connectivity index (χ4v) is 9.36. The van der Waals surface area contributed by atoms with Gasteiger partial charge in [0.2, 0.25) is 0 Å². The normalized spacial score (nSPS) is 11.6. The lowest BCUT2D eigenvalue weighted by Gasteiger charge is -2.23. The molecule has 0 N–H and O–H groups in total. The fourth-order valence-electron chi connectivity index (χ4n) is 5.05. The van der Waals surface area contributed by atoms with E-state index in [0.717, 1.165) is 6.16 Å². The molecule has 0 saturated heterocycles. The molecule has 0 saturated carbocycles. The summed E-state index contributed by atoms with van der Waals surface area (Å²) in [5.41, 5.74) is 4.99. The number of rotatable bonds is 9. The Morgan fingerprint density at radius 2 is 0.805 bits per heavy atom. The summed E-state index contributed by atoms with van der Waals surface area (Å²) in [4.78, 5) is 0. The summed E-state index contributed by atoms with van der Waals surface area (Å²) in [7, 11) is -1.42. The van der Waals surface area contributed by atoms with Crippen LogP contribution in [0.1, 0.15) is 16.7 Å². The average Bonchev–Trinajstić information content (AvgIpc) is 3.06. The summed E-state index contributed by atoms with van der Waals surface area (Å²) < 4.78 is 0. The van der Waals surface area contributed by atoms with Gasteiger partial charge in [-0.05, 0) is 59.3 Å². The minimum atomic E-state index is -0.840. The lowest BCUT2D eigenvalue weighted by atomic mass is 9.96. The zero-order chi connectivity index (χ0) is 27.7. The molecule has 41 heavy (non-hydrogen) atoms. The summed E-state index contributed by atoms with van der Waals surface area (Å²) in [6.07, 6.45) is 0.964. The van der Waals surface area contributed by atoms with Gasteiger partial charge in [0.15, 0.2) is 0 Å². The van der Waals surface area contributed by atoms with Crippen LogP contribution in [-0.2, 0) is 6.16 Å². The molecule has 0 unspecified atom stereocenters. The molecular formula is C39H31P2. The Kier molecular flexibility index (Phi) is 8.94. The van der Waals surface area contributed by atoms with Gasteiger partial charge in [-0.2, -0.15) is 0 Å². The topological polar surface area (TPSA) is 0 Å². The third-order valence-corrected chi connectivity index (χ3v) is 11.6.